The number of hydrogen-bond donors (Lipinski definition) is 2. The Morgan fingerprint density at radius 2 is 2.14 bits per heavy atom. The predicted octanol–water partition coefficient (Wildman–Crippen LogP) is 4.09. The summed E-state index contributed by atoms with van der Waals surface area (Å²) >= 11 is 1.51. The van der Waals surface area contributed by atoms with E-state index in [1.807, 2.05) is 37.3 Å². The molecule has 0 saturated carbocycles. The number of rotatable bonds is 2. The third-order valence-corrected chi connectivity index (χ3v) is 6.02. The van der Waals surface area contributed by atoms with Gasteiger partial charge in [0.25, 0.3) is 5.91 Å². The van der Waals surface area contributed by atoms with Crippen LogP contribution < -0.4 is 10.6 Å². The van der Waals surface area contributed by atoms with E-state index in [0.29, 0.717) is 12.2 Å². The molecule has 138 valence electrons. The van der Waals surface area contributed by atoms with Crippen LogP contribution in [-0.2, 0) is 0 Å². The Kier molecular flexibility index (Phi) is 3.84. The predicted molar refractivity (Wildman–Crippen MR) is 114 cm³/mol. The molecule has 7 heteroatoms. The van der Waals surface area contributed by atoms with Crippen LogP contribution in [0.5, 0.6) is 0 Å². The number of pyridine rings is 1. The fourth-order valence-corrected chi connectivity index (χ4v) is 4.58. The molecular weight excluding hydrogens is 370 g/mol. The number of fused-ring (bicyclic) bond motifs is 5. The Balaban J connectivity index is 1.71. The van der Waals surface area contributed by atoms with Crippen molar-refractivity contribution in [2.75, 3.05) is 11.9 Å². The summed E-state index contributed by atoms with van der Waals surface area (Å²) in [7, 11) is 0. The van der Waals surface area contributed by atoms with E-state index in [0.717, 1.165) is 42.8 Å². The van der Waals surface area contributed by atoms with Crippen LogP contribution >= 0.6 is 11.3 Å². The molecule has 1 aliphatic heterocycles. The number of thiophene rings is 1. The van der Waals surface area contributed by atoms with Crippen molar-refractivity contribution in [2.24, 2.45) is 0 Å². The van der Waals surface area contributed by atoms with E-state index < -0.39 is 0 Å². The average Bonchev–Trinajstić information content (AvgIpc) is 3.04. The number of nitrogens with zero attached hydrogens (tertiary/aromatic N) is 3. The molecule has 0 radical (unpaired) electrons. The first-order valence-corrected chi connectivity index (χ1v) is 9.82. The van der Waals surface area contributed by atoms with Crippen molar-refractivity contribution in [3.63, 3.8) is 0 Å². The second-order valence-corrected chi connectivity index (χ2v) is 7.89. The molecule has 0 saturated heterocycles. The van der Waals surface area contributed by atoms with E-state index in [1.165, 1.54) is 11.3 Å². The van der Waals surface area contributed by atoms with Gasteiger partial charge in [-0.1, -0.05) is 12.7 Å². The zero-order valence-electron chi connectivity index (χ0n) is 15.2. The molecule has 1 aromatic carbocycles. The molecule has 0 unspecified atom stereocenters. The number of hydrogen-bond acceptors (Lipinski definition) is 6. The first-order valence-electron chi connectivity index (χ1n) is 9.00. The highest BCUT2D eigenvalue weighted by Gasteiger charge is 2.24. The van der Waals surface area contributed by atoms with Gasteiger partial charge < -0.3 is 10.6 Å². The Hall–Kier alpha value is -3.32. The van der Waals surface area contributed by atoms with Crippen LogP contribution in [0, 0.1) is 0 Å². The lowest BCUT2D eigenvalue weighted by atomic mass is 10.1. The van der Waals surface area contributed by atoms with Crippen molar-refractivity contribution in [1.29, 1.82) is 0 Å². The van der Waals surface area contributed by atoms with Gasteiger partial charge >= 0.3 is 0 Å². The van der Waals surface area contributed by atoms with Crippen LogP contribution in [0.15, 0.2) is 43.1 Å². The molecule has 28 heavy (non-hydrogen) atoms. The standard InChI is InChI=1S/C21H17N5OS/c1-3-12-8-16(26-23-10-12)15-5-4-13-14(25-15)6-7-17-18(13)19-20(28-17)21(27)24-11(2)9-22-19/h3-8,10-11,22H,1,9H2,2H3,(H,24,27)/t11-/m1/s1. The zero-order valence-corrected chi connectivity index (χ0v) is 16.0. The SMILES string of the molecule is C=Cc1cnnc(-c2ccc3c(ccc4sc5c(c43)NC[C@@H](C)NC5=O)n2)c1. The maximum Gasteiger partial charge on any atom is 0.263 e. The van der Waals surface area contributed by atoms with Crippen LogP contribution in [0.2, 0.25) is 0 Å². The van der Waals surface area contributed by atoms with Gasteiger partial charge in [0.15, 0.2) is 0 Å². The van der Waals surface area contributed by atoms with Crippen molar-refractivity contribution in [3.05, 3.63) is 53.5 Å². The van der Waals surface area contributed by atoms with Crippen molar-refractivity contribution in [2.45, 2.75) is 13.0 Å². The maximum absolute atomic E-state index is 12.5. The molecule has 1 amide bonds. The molecule has 3 aromatic heterocycles. The summed E-state index contributed by atoms with van der Waals surface area (Å²) in [6.07, 6.45) is 3.40. The summed E-state index contributed by atoms with van der Waals surface area (Å²) in [4.78, 5) is 18.1. The van der Waals surface area contributed by atoms with Gasteiger partial charge in [-0.15, -0.1) is 16.4 Å². The topological polar surface area (TPSA) is 79.8 Å². The molecule has 2 N–H and O–H groups in total. The largest absolute Gasteiger partial charge is 0.381 e. The van der Waals surface area contributed by atoms with Crippen LogP contribution in [-0.4, -0.2) is 33.7 Å². The monoisotopic (exact) mass is 387 g/mol. The zero-order chi connectivity index (χ0) is 19.3. The highest BCUT2D eigenvalue weighted by molar-refractivity contribution is 7.21. The fourth-order valence-electron chi connectivity index (χ4n) is 3.49. The molecule has 0 aliphatic carbocycles. The van der Waals surface area contributed by atoms with Crippen LogP contribution in [0.4, 0.5) is 5.69 Å². The highest BCUT2D eigenvalue weighted by Crippen LogP contribution is 2.41. The number of carbonyl (C=O) groups is 1. The summed E-state index contributed by atoms with van der Waals surface area (Å²) in [6, 6.07) is 10.00. The molecular formula is C21H17N5OS. The van der Waals surface area contributed by atoms with E-state index >= 15 is 0 Å². The van der Waals surface area contributed by atoms with Gasteiger partial charge in [0.1, 0.15) is 10.6 Å². The summed E-state index contributed by atoms with van der Waals surface area (Å²) in [5, 5.41) is 16.7. The first kappa shape index (κ1) is 16.8. The lowest BCUT2D eigenvalue weighted by molar-refractivity contribution is 0.0949. The van der Waals surface area contributed by atoms with Gasteiger partial charge in [0, 0.05) is 28.1 Å². The molecule has 0 spiro atoms. The first-order chi connectivity index (χ1) is 13.6. The van der Waals surface area contributed by atoms with Gasteiger partial charge in [-0.25, -0.2) is 4.98 Å². The number of benzene rings is 1. The molecule has 1 aliphatic rings. The summed E-state index contributed by atoms with van der Waals surface area (Å²) in [5.41, 5.74) is 4.11. The van der Waals surface area contributed by atoms with Gasteiger partial charge in [0.05, 0.1) is 23.1 Å². The normalized spacial score (nSPS) is 16.3. The number of aromatic nitrogens is 3. The minimum absolute atomic E-state index is 0.0251. The second-order valence-electron chi connectivity index (χ2n) is 6.84. The summed E-state index contributed by atoms with van der Waals surface area (Å²) in [5.74, 6) is -0.0251. The van der Waals surface area contributed by atoms with Gasteiger partial charge in [-0.05, 0) is 42.8 Å². The van der Waals surface area contributed by atoms with Crippen LogP contribution in [0.1, 0.15) is 22.2 Å². The average molecular weight is 387 g/mol. The lowest BCUT2D eigenvalue weighted by Gasteiger charge is -2.10. The van der Waals surface area contributed by atoms with Crippen molar-refractivity contribution in [1.82, 2.24) is 20.5 Å². The fraction of sp³-hybridized carbons (Fsp3) is 0.143. The van der Waals surface area contributed by atoms with Crippen molar-refractivity contribution < 1.29 is 4.79 Å². The van der Waals surface area contributed by atoms with E-state index in [1.54, 1.807) is 12.3 Å². The quantitative estimate of drug-likeness (QED) is 0.541. The number of carbonyl (C=O) groups excluding carboxylic acids is 1. The van der Waals surface area contributed by atoms with E-state index in [4.69, 9.17) is 4.98 Å². The third kappa shape index (κ3) is 2.63. The third-order valence-electron chi connectivity index (χ3n) is 4.86. The molecule has 6 nitrogen and oxygen atoms in total. The van der Waals surface area contributed by atoms with E-state index in [2.05, 4.69) is 27.4 Å². The van der Waals surface area contributed by atoms with Gasteiger partial charge in [0.2, 0.25) is 0 Å². The Labute approximate surface area is 165 Å². The van der Waals surface area contributed by atoms with Crippen molar-refractivity contribution >= 4 is 50.0 Å². The van der Waals surface area contributed by atoms with Crippen LogP contribution in [0.25, 0.3) is 38.5 Å². The Morgan fingerprint density at radius 1 is 1.25 bits per heavy atom. The summed E-state index contributed by atoms with van der Waals surface area (Å²) in [6.45, 7) is 6.46. The van der Waals surface area contributed by atoms with E-state index in [-0.39, 0.29) is 11.9 Å². The van der Waals surface area contributed by atoms with Crippen molar-refractivity contribution in [3.8, 4) is 11.4 Å². The number of amides is 1. The number of nitrogens with one attached hydrogen (secondary N) is 2. The maximum atomic E-state index is 12.5. The molecule has 4 aromatic rings. The second kappa shape index (κ2) is 6.38. The Morgan fingerprint density at radius 3 is 3.00 bits per heavy atom. The smallest absolute Gasteiger partial charge is 0.263 e. The molecule has 0 bridgehead atoms. The molecule has 5 rings (SSSR count). The molecule has 0 fully saturated rings. The Bertz CT molecular complexity index is 1260. The minimum atomic E-state index is -0.0251. The summed E-state index contributed by atoms with van der Waals surface area (Å²) < 4.78 is 1.07. The lowest BCUT2D eigenvalue weighted by Crippen LogP contribution is -2.34. The van der Waals surface area contributed by atoms with Gasteiger partial charge in [-0.3, -0.25) is 4.79 Å². The highest BCUT2D eigenvalue weighted by atomic mass is 32.1. The number of anilines is 1. The molecule has 4 heterocycles. The van der Waals surface area contributed by atoms with Gasteiger partial charge in [-0.2, -0.15) is 5.10 Å². The molecule has 1 atom stereocenters. The van der Waals surface area contributed by atoms with Crippen LogP contribution in [0.3, 0.4) is 0 Å². The minimum Gasteiger partial charge on any atom is -0.381 e. The van der Waals surface area contributed by atoms with E-state index in [9.17, 15) is 4.79 Å².